The van der Waals surface area contributed by atoms with Gasteiger partial charge < -0.3 is 40.2 Å². The van der Waals surface area contributed by atoms with Gasteiger partial charge in [-0.05, 0) is 16.4 Å². The van der Waals surface area contributed by atoms with Crippen molar-refractivity contribution in [2.24, 2.45) is 0 Å². The number of alkyl halides is 1. The number of H-pyrrole nitrogens is 1. The van der Waals surface area contributed by atoms with Crippen LogP contribution in [0.3, 0.4) is 0 Å². The van der Waals surface area contributed by atoms with Crippen molar-refractivity contribution in [3.63, 3.8) is 0 Å². The first kappa shape index (κ1) is 30.9. The highest BCUT2D eigenvalue weighted by atomic mass is 32.7. The van der Waals surface area contributed by atoms with E-state index >= 15 is 4.39 Å². The van der Waals surface area contributed by atoms with Crippen LogP contribution in [0.15, 0.2) is 23.8 Å². The van der Waals surface area contributed by atoms with E-state index in [1.165, 1.54) is 21.8 Å². The minimum atomic E-state index is -4.23. The largest absolute Gasteiger partial charge is 0.582 e. The Bertz CT molecular complexity index is 1930. The van der Waals surface area contributed by atoms with E-state index in [4.69, 9.17) is 46.5 Å². The lowest BCUT2D eigenvalue weighted by Gasteiger charge is -2.34. The van der Waals surface area contributed by atoms with Crippen LogP contribution in [0.1, 0.15) is 12.5 Å². The van der Waals surface area contributed by atoms with Crippen LogP contribution in [0.25, 0.3) is 22.3 Å². The Kier molecular flexibility index (Phi) is 7.68. The number of aromatic amines is 1. The molecule has 0 amide bonds. The number of rotatable bonds is 9. The quantitative estimate of drug-likeness (QED) is 0.0962. The molecule has 4 aromatic heterocycles. The van der Waals surface area contributed by atoms with Crippen molar-refractivity contribution in [2.75, 3.05) is 31.3 Å². The standard InChI is InChI=1S/C21H23FN10O9P2S2/c22-8-7(1-33)39-19(32-6-28-10-16(32)29-20(24)30-17(10)34)12(8)43(36,45)38-3-21-2-37-11(13(21)41-42(35)44)18(40-21)31-5-27-9-14(23)25-4-26-15(9)31/h4-8,11-13,18-19,33H,1-3H2,(H6-,23,24,25,26,29,30,34,35,36,44,45)/p+1/t7-,8+,11-,12-,13+,18-,19-,21-,43?/m1/s1. The summed E-state index contributed by atoms with van der Waals surface area (Å²) < 4.78 is 60.3. The average molecular weight is 706 g/mol. The third-order valence-electron chi connectivity index (χ3n) is 7.90. The average Bonchev–Trinajstić information content (AvgIpc) is 3.79. The van der Waals surface area contributed by atoms with Crippen LogP contribution in [-0.2, 0) is 39.6 Å². The number of aliphatic hydroxyl groups excluding tert-OH is 1. The molecule has 0 aromatic carbocycles. The number of halogens is 1. The van der Waals surface area contributed by atoms with E-state index in [1.807, 2.05) is 0 Å². The number of imidazole rings is 2. The molecule has 240 valence electrons. The van der Waals surface area contributed by atoms with Gasteiger partial charge in [0, 0.05) is 0 Å². The monoisotopic (exact) mass is 705 g/mol. The van der Waals surface area contributed by atoms with E-state index in [-0.39, 0.29) is 29.5 Å². The molecular formula is C21H24FN10O9P2S2+. The molecule has 3 aliphatic rings. The van der Waals surface area contributed by atoms with Gasteiger partial charge in [0.25, 0.3) is 5.56 Å². The minimum absolute atomic E-state index is 0.0670. The highest BCUT2D eigenvalue weighted by molar-refractivity contribution is 8.39. The minimum Gasteiger partial charge on any atom is -0.394 e. The van der Waals surface area contributed by atoms with Crippen molar-refractivity contribution < 1.29 is 42.2 Å². The molecule has 4 aromatic rings. The van der Waals surface area contributed by atoms with E-state index in [1.54, 1.807) is 0 Å². The number of fused-ring (bicyclic) bond motifs is 4. The first-order chi connectivity index (χ1) is 21.4. The molecular weight excluding hydrogens is 681 g/mol. The summed E-state index contributed by atoms with van der Waals surface area (Å²) in [5.74, 6) is -0.105. The molecule has 2 bridgehead atoms. The number of aromatic nitrogens is 8. The van der Waals surface area contributed by atoms with Crippen molar-refractivity contribution in [1.29, 1.82) is 0 Å². The Hall–Kier alpha value is -2.75. The number of hydrogen-bond donors (Lipinski definition) is 6. The second-order valence-electron chi connectivity index (χ2n) is 10.5. The van der Waals surface area contributed by atoms with Gasteiger partial charge in [0.15, 0.2) is 53.3 Å². The van der Waals surface area contributed by atoms with Gasteiger partial charge >= 0.3 is 7.23 Å². The summed E-state index contributed by atoms with van der Waals surface area (Å²) in [5.41, 5.74) is 8.33. The molecule has 7 heterocycles. The second-order valence-corrected chi connectivity index (χ2v) is 15.7. The molecule has 19 nitrogen and oxygen atoms in total. The van der Waals surface area contributed by atoms with Crippen LogP contribution in [0.2, 0.25) is 0 Å². The zero-order chi connectivity index (χ0) is 31.8. The maximum Gasteiger partial charge on any atom is 0.582 e. The van der Waals surface area contributed by atoms with E-state index in [0.717, 1.165) is 6.33 Å². The van der Waals surface area contributed by atoms with Gasteiger partial charge in [0.05, 0.1) is 32.5 Å². The number of ether oxygens (including phenoxy) is 3. The smallest absolute Gasteiger partial charge is 0.394 e. The van der Waals surface area contributed by atoms with Crippen molar-refractivity contribution in [2.45, 2.75) is 48.2 Å². The van der Waals surface area contributed by atoms with Crippen molar-refractivity contribution >= 4 is 71.9 Å². The maximum atomic E-state index is 15.8. The number of thiol groups is 1. The number of nitrogens with one attached hydrogen (secondary N) is 1. The van der Waals surface area contributed by atoms with Gasteiger partial charge in [0.1, 0.15) is 48.1 Å². The molecule has 7 rings (SSSR count). The molecule has 45 heavy (non-hydrogen) atoms. The van der Waals surface area contributed by atoms with E-state index in [2.05, 4.69) is 42.2 Å². The molecule has 0 spiro atoms. The SMILES string of the molecule is Nc1nc2c(ncn2[C@@H]2O[C@H](CO)[C@H](F)[C@H]2P(O)(=S)OC[C@@]23CO[C@@H]([C@H](n4cnc5c(N)ncnc54)O2)[C@@H]3O[P+](=O)S)c(=O)[nH]1. The summed E-state index contributed by atoms with van der Waals surface area (Å²) in [6, 6.07) is 0. The van der Waals surface area contributed by atoms with Crippen molar-refractivity contribution in [1.82, 2.24) is 39.0 Å². The normalized spacial score (nSPS) is 32.9. The summed E-state index contributed by atoms with van der Waals surface area (Å²) in [4.78, 5) is 46.7. The summed E-state index contributed by atoms with van der Waals surface area (Å²) in [6.07, 6.45) is -3.87. The maximum absolute atomic E-state index is 15.8. The lowest BCUT2D eigenvalue weighted by Crippen LogP contribution is -2.45. The van der Waals surface area contributed by atoms with Crippen LogP contribution in [-0.4, -0.2) is 105 Å². The third kappa shape index (κ3) is 4.95. The van der Waals surface area contributed by atoms with Gasteiger partial charge in [-0.3, -0.25) is 18.9 Å². The second kappa shape index (κ2) is 11.2. The highest BCUT2D eigenvalue weighted by Gasteiger charge is 2.67. The van der Waals surface area contributed by atoms with Crippen LogP contribution in [0.5, 0.6) is 0 Å². The molecule has 0 aliphatic carbocycles. The van der Waals surface area contributed by atoms with E-state index in [0.29, 0.717) is 11.2 Å². The topological polar surface area (TPSA) is 263 Å². The summed E-state index contributed by atoms with van der Waals surface area (Å²) >= 11 is 9.40. The van der Waals surface area contributed by atoms with Crippen molar-refractivity contribution in [3.05, 3.63) is 29.3 Å². The molecule has 24 heteroatoms. The van der Waals surface area contributed by atoms with Crippen LogP contribution >= 0.6 is 26.0 Å². The zero-order valence-electron chi connectivity index (χ0n) is 22.6. The number of nitrogens with zero attached hydrogens (tertiary/aromatic N) is 7. The van der Waals surface area contributed by atoms with Crippen LogP contribution < -0.4 is 17.0 Å². The molecule has 3 aliphatic heterocycles. The predicted molar refractivity (Wildman–Crippen MR) is 158 cm³/mol. The van der Waals surface area contributed by atoms with Gasteiger partial charge in [-0.1, -0.05) is 0 Å². The Morgan fingerprint density at radius 3 is 2.69 bits per heavy atom. The fourth-order valence-electron chi connectivity index (χ4n) is 5.87. The molecule has 10 atom stereocenters. The van der Waals surface area contributed by atoms with Crippen LogP contribution in [0.4, 0.5) is 16.2 Å². The fraction of sp³-hybridized carbons (Fsp3) is 0.524. The number of aliphatic hydroxyl groups is 1. The molecule has 0 radical (unpaired) electrons. The predicted octanol–water partition coefficient (Wildman–Crippen LogP) is -0.323. The van der Waals surface area contributed by atoms with Crippen LogP contribution in [0, 0.1) is 0 Å². The molecule has 2 unspecified atom stereocenters. The number of hydrogen-bond acceptors (Lipinski definition) is 16. The first-order valence-electron chi connectivity index (χ1n) is 13.1. The summed E-state index contributed by atoms with van der Waals surface area (Å²) in [5, 5.41) is 9.82. The third-order valence-corrected chi connectivity index (χ3v) is 11.4. The molecule has 7 N–H and O–H groups in total. The fourth-order valence-corrected chi connectivity index (χ4v) is 9.17. The lowest BCUT2D eigenvalue weighted by molar-refractivity contribution is -0.182. The Labute approximate surface area is 261 Å². The lowest BCUT2D eigenvalue weighted by atomic mass is 10.0. The Balaban J connectivity index is 1.20. The summed E-state index contributed by atoms with van der Waals surface area (Å²) in [6.45, 7) is -5.64. The number of nitrogen functional groups attached to an aromatic ring is 2. The number of nitrogens with two attached hydrogens (primary N) is 2. The molecule has 3 saturated heterocycles. The Morgan fingerprint density at radius 2 is 1.96 bits per heavy atom. The summed E-state index contributed by atoms with van der Waals surface area (Å²) in [7, 11) is -2.47. The zero-order valence-corrected chi connectivity index (χ0v) is 26.1. The van der Waals surface area contributed by atoms with Gasteiger partial charge in [-0.2, -0.15) is 4.98 Å². The van der Waals surface area contributed by atoms with E-state index in [9.17, 15) is 19.4 Å². The van der Waals surface area contributed by atoms with Gasteiger partial charge in [-0.25, -0.2) is 24.3 Å². The van der Waals surface area contributed by atoms with Crippen molar-refractivity contribution in [3.8, 4) is 0 Å². The van der Waals surface area contributed by atoms with E-state index < -0.39 is 80.7 Å². The Morgan fingerprint density at radius 1 is 1.22 bits per heavy atom. The highest BCUT2D eigenvalue weighted by Crippen LogP contribution is 2.60. The van der Waals surface area contributed by atoms with Gasteiger partial charge in [0.2, 0.25) is 5.95 Å². The number of anilines is 2. The molecule has 0 saturated carbocycles. The molecule has 3 fully saturated rings. The van der Waals surface area contributed by atoms with Gasteiger partial charge in [-0.15, -0.1) is 4.52 Å². The first-order valence-corrected chi connectivity index (χ1v) is 18.2.